The Bertz CT molecular complexity index is 1080. The third-order valence-electron chi connectivity index (χ3n) is 4.61. The molecule has 2 aromatic heterocycles. The smallest absolute Gasteiger partial charge is 0.243 e. The molecule has 146 valence electrons. The van der Waals surface area contributed by atoms with Gasteiger partial charge < -0.3 is 5.32 Å². The van der Waals surface area contributed by atoms with E-state index in [2.05, 4.69) is 20.3 Å². The van der Waals surface area contributed by atoms with Crippen molar-refractivity contribution in [1.29, 1.82) is 0 Å². The average Bonchev–Trinajstić information content (AvgIpc) is 3.31. The summed E-state index contributed by atoms with van der Waals surface area (Å²) in [6.07, 6.45) is 3.33. The highest BCUT2D eigenvalue weighted by Gasteiger charge is 2.37. The van der Waals surface area contributed by atoms with Gasteiger partial charge in [-0.1, -0.05) is 18.2 Å². The summed E-state index contributed by atoms with van der Waals surface area (Å²) in [6, 6.07) is 10.1. The zero-order valence-electron chi connectivity index (χ0n) is 15.7. The van der Waals surface area contributed by atoms with Crippen LogP contribution in [-0.2, 0) is 10.0 Å². The number of nitrogens with zero attached hydrogens (tertiary/aromatic N) is 4. The molecule has 0 saturated carbocycles. The Morgan fingerprint density at radius 2 is 1.96 bits per heavy atom. The molecular weight excluding hydrogens is 394 g/mol. The monoisotopic (exact) mass is 415 g/mol. The number of anilines is 2. The molecule has 7 nitrogen and oxygen atoms in total. The van der Waals surface area contributed by atoms with Crippen LogP contribution in [0.4, 0.5) is 10.9 Å². The molecule has 0 bridgehead atoms. The van der Waals surface area contributed by atoms with Gasteiger partial charge in [-0.15, -0.1) is 11.3 Å². The van der Waals surface area contributed by atoms with Crippen molar-refractivity contribution in [3.05, 3.63) is 59.0 Å². The van der Waals surface area contributed by atoms with Crippen molar-refractivity contribution in [3.8, 4) is 0 Å². The quantitative estimate of drug-likeness (QED) is 0.682. The van der Waals surface area contributed by atoms with Crippen LogP contribution in [0.1, 0.15) is 35.3 Å². The van der Waals surface area contributed by atoms with Crippen LogP contribution in [0.2, 0.25) is 0 Å². The van der Waals surface area contributed by atoms with Gasteiger partial charge in [0, 0.05) is 23.7 Å². The van der Waals surface area contributed by atoms with Gasteiger partial charge in [-0.3, -0.25) is 0 Å². The van der Waals surface area contributed by atoms with E-state index in [0.29, 0.717) is 28.8 Å². The van der Waals surface area contributed by atoms with Gasteiger partial charge in [0.2, 0.25) is 10.0 Å². The summed E-state index contributed by atoms with van der Waals surface area (Å²) in [5.74, 6) is 1.22. The Hall–Kier alpha value is -2.36. The van der Waals surface area contributed by atoms with Crippen LogP contribution in [0.15, 0.2) is 47.5 Å². The van der Waals surface area contributed by atoms with Gasteiger partial charge in [-0.05, 0) is 38.8 Å². The number of rotatable bonds is 5. The number of hydrogen-bond acceptors (Lipinski definition) is 7. The molecule has 0 amide bonds. The summed E-state index contributed by atoms with van der Waals surface area (Å²) in [6.45, 7) is 4.29. The molecular formula is C19H21N5O2S2. The molecule has 1 saturated heterocycles. The van der Waals surface area contributed by atoms with Crippen molar-refractivity contribution in [3.63, 3.8) is 0 Å². The lowest BCUT2D eigenvalue weighted by molar-refractivity contribution is 0.389. The second-order valence-electron chi connectivity index (χ2n) is 6.71. The minimum atomic E-state index is -3.58. The van der Waals surface area contributed by atoms with Crippen molar-refractivity contribution in [2.45, 2.75) is 37.6 Å². The minimum Gasteiger partial charge on any atom is -0.316 e. The van der Waals surface area contributed by atoms with Gasteiger partial charge in [-0.2, -0.15) is 4.31 Å². The number of hydrogen-bond donors (Lipinski definition) is 1. The standard InChI is InChI=1S/C19H21N5O2S2/c1-13-12-20-19(27-13)23-18-11-16(21-14(2)22-18)17-9-6-10-24(17)28(25,26)15-7-4-3-5-8-15/h3-5,7-8,11-12,17H,6,9-10H2,1-2H3,(H,20,21,22,23). The van der Waals surface area contributed by atoms with E-state index in [9.17, 15) is 8.42 Å². The van der Waals surface area contributed by atoms with E-state index in [1.54, 1.807) is 34.8 Å². The number of sulfonamides is 1. The van der Waals surface area contributed by atoms with Crippen LogP contribution < -0.4 is 5.32 Å². The van der Waals surface area contributed by atoms with E-state index in [1.807, 2.05) is 26.0 Å². The van der Waals surface area contributed by atoms with Gasteiger partial charge in [0.15, 0.2) is 5.13 Å². The van der Waals surface area contributed by atoms with Crippen molar-refractivity contribution < 1.29 is 8.42 Å². The molecule has 1 unspecified atom stereocenters. The summed E-state index contributed by atoms with van der Waals surface area (Å²) < 4.78 is 27.8. The zero-order chi connectivity index (χ0) is 19.7. The molecule has 3 heterocycles. The van der Waals surface area contributed by atoms with Gasteiger partial charge in [0.25, 0.3) is 0 Å². The van der Waals surface area contributed by atoms with Crippen LogP contribution >= 0.6 is 11.3 Å². The molecule has 1 aliphatic rings. The molecule has 0 radical (unpaired) electrons. The third kappa shape index (κ3) is 3.78. The van der Waals surface area contributed by atoms with E-state index in [0.717, 1.165) is 22.9 Å². The van der Waals surface area contributed by atoms with E-state index < -0.39 is 10.0 Å². The first kappa shape index (κ1) is 19.0. The maximum Gasteiger partial charge on any atom is 0.243 e. The van der Waals surface area contributed by atoms with Gasteiger partial charge in [-0.25, -0.2) is 23.4 Å². The SMILES string of the molecule is Cc1nc(Nc2ncc(C)s2)cc(C2CCCN2S(=O)(=O)c2ccccc2)n1. The maximum absolute atomic E-state index is 13.1. The predicted octanol–water partition coefficient (Wildman–Crippen LogP) is 3.82. The minimum absolute atomic E-state index is 0.300. The normalized spacial score (nSPS) is 17.7. The number of thiazole rings is 1. The summed E-state index contributed by atoms with van der Waals surface area (Å²) in [4.78, 5) is 14.7. The fraction of sp³-hybridized carbons (Fsp3) is 0.316. The van der Waals surface area contributed by atoms with Crippen LogP contribution in [0.3, 0.4) is 0 Å². The van der Waals surface area contributed by atoms with E-state index >= 15 is 0 Å². The maximum atomic E-state index is 13.1. The third-order valence-corrected chi connectivity index (χ3v) is 7.36. The van der Waals surface area contributed by atoms with E-state index in [1.165, 1.54) is 11.3 Å². The Balaban J connectivity index is 1.66. The Labute approximate surface area is 168 Å². The highest BCUT2D eigenvalue weighted by atomic mass is 32.2. The zero-order valence-corrected chi connectivity index (χ0v) is 17.3. The van der Waals surface area contributed by atoms with Crippen molar-refractivity contribution in [1.82, 2.24) is 19.3 Å². The molecule has 1 N–H and O–H groups in total. The molecule has 9 heteroatoms. The van der Waals surface area contributed by atoms with Gasteiger partial charge in [0.05, 0.1) is 16.6 Å². The summed E-state index contributed by atoms with van der Waals surface area (Å²) >= 11 is 1.54. The van der Waals surface area contributed by atoms with Crippen molar-refractivity contribution >= 4 is 32.3 Å². The van der Waals surface area contributed by atoms with Crippen LogP contribution in [-0.4, -0.2) is 34.2 Å². The average molecular weight is 416 g/mol. The summed E-state index contributed by atoms with van der Waals surface area (Å²) in [5, 5.41) is 3.95. The largest absolute Gasteiger partial charge is 0.316 e. The Morgan fingerprint density at radius 3 is 2.68 bits per heavy atom. The first-order valence-electron chi connectivity index (χ1n) is 9.05. The highest BCUT2D eigenvalue weighted by molar-refractivity contribution is 7.89. The van der Waals surface area contributed by atoms with Crippen LogP contribution in [0.5, 0.6) is 0 Å². The van der Waals surface area contributed by atoms with Crippen molar-refractivity contribution in [2.75, 3.05) is 11.9 Å². The summed E-state index contributed by atoms with van der Waals surface area (Å²) in [5.41, 5.74) is 0.709. The molecule has 1 aliphatic heterocycles. The van der Waals surface area contributed by atoms with Crippen molar-refractivity contribution in [2.24, 2.45) is 0 Å². The molecule has 0 aliphatic carbocycles. The lowest BCUT2D eigenvalue weighted by atomic mass is 10.1. The number of nitrogens with one attached hydrogen (secondary N) is 1. The van der Waals surface area contributed by atoms with E-state index in [-0.39, 0.29) is 6.04 Å². The molecule has 0 spiro atoms. The molecule has 3 aromatic rings. The Kier molecular flexibility index (Phi) is 5.13. The fourth-order valence-corrected chi connectivity index (χ4v) is 5.76. The lowest BCUT2D eigenvalue weighted by Crippen LogP contribution is -2.31. The van der Waals surface area contributed by atoms with E-state index in [4.69, 9.17) is 0 Å². The first-order chi connectivity index (χ1) is 13.4. The van der Waals surface area contributed by atoms with Crippen LogP contribution in [0, 0.1) is 13.8 Å². The van der Waals surface area contributed by atoms with Gasteiger partial charge in [0.1, 0.15) is 11.6 Å². The molecule has 1 aromatic carbocycles. The Morgan fingerprint density at radius 1 is 1.18 bits per heavy atom. The second kappa shape index (κ2) is 7.57. The molecule has 4 rings (SSSR count). The molecule has 1 atom stereocenters. The molecule has 1 fully saturated rings. The summed E-state index contributed by atoms with van der Waals surface area (Å²) in [7, 11) is -3.58. The number of aromatic nitrogens is 3. The predicted molar refractivity (Wildman–Crippen MR) is 109 cm³/mol. The number of aryl methyl sites for hydroxylation is 2. The highest BCUT2D eigenvalue weighted by Crippen LogP contribution is 2.36. The topological polar surface area (TPSA) is 88.1 Å². The van der Waals surface area contributed by atoms with Crippen LogP contribution in [0.25, 0.3) is 0 Å². The van der Waals surface area contributed by atoms with Gasteiger partial charge >= 0.3 is 0 Å². The number of benzene rings is 1. The first-order valence-corrected chi connectivity index (χ1v) is 11.3. The fourth-order valence-electron chi connectivity index (χ4n) is 3.40. The second-order valence-corrected chi connectivity index (χ2v) is 9.84. The lowest BCUT2D eigenvalue weighted by Gasteiger charge is -2.24. The molecule has 28 heavy (non-hydrogen) atoms.